The fraction of sp³-hybridized carbons (Fsp3) is 0.167. The van der Waals surface area contributed by atoms with Crippen LogP contribution in [0.15, 0.2) is 66.7 Å². The van der Waals surface area contributed by atoms with E-state index in [9.17, 15) is 19.7 Å². The molecular weight excluding hydrogens is 394 g/mol. The van der Waals surface area contributed by atoms with E-state index < -0.39 is 16.7 Å². The van der Waals surface area contributed by atoms with Gasteiger partial charge in [0.15, 0.2) is 0 Å². The third-order valence-electron chi connectivity index (χ3n) is 4.95. The SMILES string of the molecule is CCc1ccccc1NC(=O)c1cc(C(=O)Nc2ccccc2CC)cc([N+](=O)[O-])c1. The lowest BCUT2D eigenvalue weighted by molar-refractivity contribution is -0.384. The maximum atomic E-state index is 12.8. The fourth-order valence-electron chi connectivity index (χ4n) is 3.27. The lowest BCUT2D eigenvalue weighted by atomic mass is 10.1. The van der Waals surface area contributed by atoms with Crippen molar-refractivity contribution in [2.75, 3.05) is 10.6 Å². The number of amides is 2. The summed E-state index contributed by atoms with van der Waals surface area (Å²) < 4.78 is 0. The van der Waals surface area contributed by atoms with E-state index in [1.54, 1.807) is 24.3 Å². The van der Waals surface area contributed by atoms with Crippen LogP contribution in [0, 0.1) is 10.1 Å². The number of carbonyl (C=O) groups excluding carboxylic acids is 2. The van der Waals surface area contributed by atoms with Crippen LogP contribution in [0.2, 0.25) is 0 Å². The zero-order chi connectivity index (χ0) is 22.4. The third-order valence-corrected chi connectivity index (χ3v) is 4.95. The first-order valence-electron chi connectivity index (χ1n) is 10.0. The summed E-state index contributed by atoms with van der Waals surface area (Å²) >= 11 is 0. The number of aryl methyl sites for hydroxylation is 2. The Bertz CT molecular complexity index is 1060. The largest absolute Gasteiger partial charge is 0.322 e. The topological polar surface area (TPSA) is 101 Å². The predicted molar refractivity (Wildman–Crippen MR) is 121 cm³/mol. The van der Waals surface area contributed by atoms with Crippen LogP contribution in [0.4, 0.5) is 17.1 Å². The summed E-state index contributed by atoms with van der Waals surface area (Å²) in [5, 5.41) is 17.0. The molecule has 0 atom stereocenters. The third kappa shape index (κ3) is 5.14. The number of rotatable bonds is 7. The molecule has 0 aliphatic heterocycles. The van der Waals surface area contributed by atoms with Gasteiger partial charge in [-0.3, -0.25) is 19.7 Å². The van der Waals surface area contributed by atoms with Crippen LogP contribution >= 0.6 is 0 Å². The Morgan fingerprint density at radius 3 is 1.58 bits per heavy atom. The number of nitro benzene ring substituents is 1. The number of nitrogens with one attached hydrogen (secondary N) is 2. The monoisotopic (exact) mass is 417 g/mol. The molecule has 0 spiro atoms. The van der Waals surface area contributed by atoms with Crippen LogP contribution in [-0.4, -0.2) is 16.7 Å². The zero-order valence-electron chi connectivity index (χ0n) is 17.3. The van der Waals surface area contributed by atoms with E-state index in [0.29, 0.717) is 11.4 Å². The number of para-hydroxylation sites is 2. The number of nitro groups is 1. The highest BCUT2D eigenvalue weighted by molar-refractivity contribution is 6.09. The average molecular weight is 417 g/mol. The van der Waals surface area contributed by atoms with E-state index in [2.05, 4.69) is 10.6 Å². The number of benzene rings is 3. The molecule has 0 radical (unpaired) electrons. The number of hydrogen-bond acceptors (Lipinski definition) is 4. The summed E-state index contributed by atoms with van der Waals surface area (Å²) in [4.78, 5) is 36.4. The second-order valence-corrected chi connectivity index (χ2v) is 6.96. The minimum atomic E-state index is -0.618. The first-order chi connectivity index (χ1) is 14.9. The molecule has 3 aromatic carbocycles. The van der Waals surface area contributed by atoms with Gasteiger partial charge in [0.2, 0.25) is 0 Å². The van der Waals surface area contributed by atoms with Crippen molar-refractivity contribution in [1.82, 2.24) is 0 Å². The summed E-state index contributed by atoms with van der Waals surface area (Å²) in [6.45, 7) is 3.93. The van der Waals surface area contributed by atoms with Gasteiger partial charge in [0.05, 0.1) is 4.92 Å². The number of carbonyl (C=O) groups is 2. The van der Waals surface area contributed by atoms with Gasteiger partial charge in [-0.1, -0.05) is 50.2 Å². The van der Waals surface area contributed by atoms with Gasteiger partial charge in [0.25, 0.3) is 17.5 Å². The zero-order valence-corrected chi connectivity index (χ0v) is 17.3. The van der Waals surface area contributed by atoms with Gasteiger partial charge in [-0.25, -0.2) is 0 Å². The molecule has 7 heteroatoms. The van der Waals surface area contributed by atoms with Crippen molar-refractivity contribution in [3.63, 3.8) is 0 Å². The Hall–Kier alpha value is -4.00. The first kappa shape index (κ1) is 21.7. The molecule has 0 saturated heterocycles. The molecule has 0 aliphatic carbocycles. The summed E-state index contributed by atoms with van der Waals surface area (Å²) in [5.41, 5.74) is 2.88. The van der Waals surface area contributed by atoms with Crippen molar-refractivity contribution < 1.29 is 14.5 Å². The standard InChI is InChI=1S/C24H23N3O4/c1-3-16-9-5-7-11-21(16)25-23(28)18-13-19(15-20(14-18)27(30)31)24(29)26-22-12-8-6-10-17(22)4-2/h5-15H,3-4H2,1-2H3,(H,25,28)(H,26,29). The summed E-state index contributed by atoms with van der Waals surface area (Å²) in [6.07, 6.45) is 1.44. The molecular formula is C24H23N3O4. The maximum absolute atomic E-state index is 12.8. The van der Waals surface area contributed by atoms with Crippen molar-refractivity contribution in [3.8, 4) is 0 Å². The van der Waals surface area contributed by atoms with Crippen LogP contribution < -0.4 is 10.6 Å². The minimum Gasteiger partial charge on any atom is -0.322 e. The van der Waals surface area contributed by atoms with Crippen LogP contribution in [0.25, 0.3) is 0 Å². The lowest BCUT2D eigenvalue weighted by Gasteiger charge is -2.12. The van der Waals surface area contributed by atoms with E-state index >= 15 is 0 Å². The molecule has 2 N–H and O–H groups in total. The van der Waals surface area contributed by atoms with Crippen molar-refractivity contribution in [3.05, 3.63) is 99.1 Å². The van der Waals surface area contributed by atoms with E-state index in [1.807, 2.05) is 38.1 Å². The molecule has 3 rings (SSSR count). The number of non-ortho nitro benzene ring substituents is 1. The number of nitrogens with zero attached hydrogens (tertiary/aromatic N) is 1. The Kier molecular flexibility index (Phi) is 6.77. The molecule has 0 saturated carbocycles. The Labute approximate surface area is 180 Å². The van der Waals surface area contributed by atoms with Gasteiger partial charge in [-0.05, 0) is 42.2 Å². The van der Waals surface area contributed by atoms with Crippen LogP contribution in [-0.2, 0) is 12.8 Å². The molecule has 158 valence electrons. The molecule has 2 amide bonds. The van der Waals surface area contributed by atoms with Gasteiger partial charge in [0.1, 0.15) is 0 Å². The number of hydrogen-bond donors (Lipinski definition) is 2. The van der Waals surface area contributed by atoms with Crippen molar-refractivity contribution in [2.45, 2.75) is 26.7 Å². The Balaban J connectivity index is 1.92. The molecule has 0 heterocycles. The quantitative estimate of drug-likeness (QED) is 0.406. The van der Waals surface area contributed by atoms with Gasteiger partial charge >= 0.3 is 0 Å². The van der Waals surface area contributed by atoms with Gasteiger partial charge in [0, 0.05) is 34.6 Å². The average Bonchev–Trinajstić information content (AvgIpc) is 2.79. The summed E-state index contributed by atoms with van der Waals surface area (Å²) in [7, 11) is 0. The van der Waals surface area contributed by atoms with Crippen molar-refractivity contribution in [2.24, 2.45) is 0 Å². The molecule has 0 fully saturated rings. The van der Waals surface area contributed by atoms with Crippen LogP contribution in [0.5, 0.6) is 0 Å². The smallest absolute Gasteiger partial charge is 0.271 e. The van der Waals surface area contributed by atoms with E-state index in [0.717, 1.165) is 24.0 Å². The van der Waals surface area contributed by atoms with Crippen LogP contribution in [0.3, 0.4) is 0 Å². The Morgan fingerprint density at radius 1 is 0.774 bits per heavy atom. The normalized spacial score (nSPS) is 10.4. The van der Waals surface area contributed by atoms with Crippen LogP contribution in [0.1, 0.15) is 45.7 Å². The second kappa shape index (κ2) is 9.67. The van der Waals surface area contributed by atoms with Gasteiger partial charge < -0.3 is 10.6 Å². The lowest BCUT2D eigenvalue weighted by Crippen LogP contribution is -2.17. The minimum absolute atomic E-state index is 0.0361. The molecule has 31 heavy (non-hydrogen) atoms. The first-order valence-corrected chi connectivity index (χ1v) is 10.0. The fourth-order valence-corrected chi connectivity index (χ4v) is 3.27. The van der Waals surface area contributed by atoms with E-state index in [4.69, 9.17) is 0 Å². The highest BCUT2D eigenvalue weighted by atomic mass is 16.6. The molecule has 3 aromatic rings. The van der Waals surface area contributed by atoms with Gasteiger partial charge in [-0.2, -0.15) is 0 Å². The summed E-state index contributed by atoms with van der Waals surface area (Å²) in [5.74, 6) is -1.04. The van der Waals surface area contributed by atoms with E-state index in [1.165, 1.54) is 18.2 Å². The molecule has 0 aromatic heterocycles. The molecule has 0 aliphatic rings. The second-order valence-electron chi connectivity index (χ2n) is 6.96. The highest BCUT2D eigenvalue weighted by Crippen LogP contribution is 2.22. The maximum Gasteiger partial charge on any atom is 0.271 e. The van der Waals surface area contributed by atoms with Gasteiger partial charge in [-0.15, -0.1) is 0 Å². The molecule has 7 nitrogen and oxygen atoms in total. The highest BCUT2D eigenvalue weighted by Gasteiger charge is 2.19. The number of anilines is 2. The Morgan fingerprint density at radius 2 is 1.19 bits per heavy atom. The predicted octanol–water partition coefficient (Wildman–Crippen LogP) is 5.22. The summed E-state index contributed by atoms with van der Waals surface area (Å²) in [6, 6.07) is 18.4. The van der Waals surface area contributed by atoms with E-state index in [-0.39, 0.29) is 16.8 Å². The van der Waals surface area contributed by atoms with Crippen molar-refractivity contribution in [1.29, 1.82) is 0 Å². The molecule has 0 unspecified atom stereocenters. The van der Waals surface area contributed by atoms with Crippen molar-refractivity contribution >= 4 is 28.9 Å². The molecule has 0 bridgehead atoms.